The summed E-state index contributed by atoms with van der Waals surface area (Å²) in [4.78, 5) is 11.8. The Hall–Kier alpha value is -1.71. The van der Waals surface area contributed by atoms with Crippen molar-refractivity contribution in [3.05, 3.63) is 51.5 Å². The Morgan fingerprint density at radius 3 is 2.50 bits per heavy atom. The van der Waals surface area contributed by atoms with Gasteiger partial charge < -0.3 is 10.4 Å². The van der Waals surface area contributed by atoms with Crippen LogP contribution in [0, 0.1) is 6.92 Å². The summed E-state index contributed by atoms with van der Waals surface area (Å²) < 4.78 is 0. The molecule has 3 nitrogen and oxygen atoms in total. The molecule has 0 aromatic heterocycles. The normalized spacial score (nSPS) is 10.4. The van der Waals surface area contributed by atoms with Gasteiger partial charge in [0.1, 0.15) is 5.75 Å². The molecule has 0 bridgehead atoms. The van der Waals surface area contributed by atoms with Gasteiger partial charge in [0.15, 0.2) is 0 Å². The summed E-state index contributed by atoms with van der Waals surface area (Å²) in [6.07, 6.45) is 0. The number of amides is 1. The lowest BCUT2D eigenvalue weighted by Gasteiger charge is -2.11. The van der Waals surface area contributed by atoms with Crippen LogP contribution in [0.3, 0.4) is 0 Å². The van der Waals surface area contributed by atoms with Crippen molar-refractivity contribution in [3.63, 3.8) is 0 Å². The second kappa shape index (κ2) is 5.73. The van der Waals surface area contributed by atoms with E-state index in [4.69, 9.17) is 23.2 Å². The van der Waals surface area contributed by atoms with Crippen molar-refractivity contribution in [2.45, 2.75) is 6.92 Å². The van der Waals surface area contributed by atoms with Crippen molar-refractivity contribution in [2.24, 2.45) is 0 Å². The number of benzene rings is 2. The maximum atomic E-state index is 11.8. The van der Waals surface area contributed by atoms with Crippen molar-refractivity contribution >= 4 is 29.1 Å². The van der Waals surface area contributed by atoms with Gasteiger partial charge >= 0.3 is 0 Å². The first kappa shape index (κ1) is 14.7. The van der Waals surface area contributed by atoms with Crippen LogP contribution in [0.1, 0.15) is 15.9 Å². The number of nitrogens with one attached hydrogen (secondary N) is 1. The third-order valence-electron chi connectivity index (χ3n) is 3.04. The molecule has 0 aliphatic heterocycles. The first-order valence-corrected chi connectivity index (χ1v) is 6.70. The summed E-state index contributed by atoms with van der Waals surface area (Å²) in [5.41, 5.74) is 2.91. The van der Waals surface area contributed by atoms with Crippen molar-refractivity contribution in [1.82, 2.24) is 5.32 Å². The molecule has 0 radical (unpaired) electrons. The van der Waals surface area contributed by atoms with Gasteiger partial charge in [-0.1, -0.05) is 29.3 Å². The molecular weight excluding hydrogens is 297 g/mol. The van der Waals surface area contributed by atoms with E-state index in [1.165, 1.54) is 0 Å². The van der Waals surface area contributed by atoms with Gasteiger partial charge in [-0.3, -0.25) is 4.79 Å². The van der Waals surface area contributed by atoms with Gasteiger partial charge in [0, 0.05) is 7.05 Å². The molecule has 0 saturated carbocycles. The minimum absolute atomic E-state index is 0.0356. The Balaban J connectivity index is 2.59. The highest BCUT2D eigenvalue weighted by molar-refractivity contribution is 6.34. The number of hydrogen-bond donors (Lipinski definition) is 2. The number of aromatic hydroxyl groups is 1. The summed E-state index contributed by atoms with van der Waals surface area (Å²) in [5.74, 6) is -0.215. The highest BCUT2D eigenvalue weighted by atomic mass is 35.5. The average molecular weight is 310 g/mol. The fraction of sp³-hybridized carbons (Fsp3) is 0.133. The Bertz CT molecular complexity index is 684. The van der Waals surface area contributed by atoms with Crippen molar-refractivity contribution < 1.29 is 9.90 Å². The first-order valence-electron chi connectivity index (χ1n) is 5.95. The van der Waals surface area contributed by atoms with E-state index in [1.807, 2.05) is 13.0 Å². The molecule has 0 unspecified atom stereocenters. The maximum Gasteiger partial charge on any atom is 0.252 e. The van der Waals surface area contributed by atoms with E-state index in [2.05, 4.69) is 5.32 Å². The number of aryl methyl sites for hydroxylation is 1. The van der Waals surface area contributed by atoms with E-state index in [0.717, 1.165) is 16.7 Å². The Labute approximate surface area is 127 Å². The molecule has 0 aliphatic rings. The van der Waals surface area contributed by atoms with Crippen LogP contribution < -0.4 is 5.32 Å². The van der Waals surface area contributed by atoms with Crippen LogP contribution in [0.25, 0.3) is 11.1 Å². The minimum atomic E-state index is -0.251. The molecule has 0 fully saturated rings. The van der Waals surface area contributed by atoms with Gasteiger partial charge in [-0.25, -0.2) is 0 Å². The SMILES string of the molecule is CNC(=O)c1cc(-c2cc(Cl)c(O)cc2C)ccc1Cl. The number of halogens is 2. The van der Waals surface area contributed by atoms with E-state index in [1.54, 1.807) is 31.3 Å². The van der Waals surface area contributed by atoms with Gasteiger partial charge in [0.05, 0.1) is 15.6 Å². The fourth-order valence-corrected chi connectivity index (χ4v) is 2.35. The van der Waals surface area contributed by atoms with Crippen LogP contribution in [0.15, 0.2) is 30.3 Å². The number of phenolic OH excluding ortho intramolecular Hbond substituents is 1. The third-order valence-corrected chi connectivity index (χ3v) is 3.68. The van der Waals surface area contributed by atoms with Gasteiger partial charge in [0.2, 0.25) is 0 Å². The molecular formula is C15H13Cl2NO2. The van der Waals surface area contributed by atoms with E-state index >= 15 is 0 Å². The number of carbonyl (C=O) groups excluding carboxylic acids is 1. The predicted molar refractivity (Wildman–Crippen MR) is 81.7 cm³/mol. The van der Waals surface area contributed by atoms with Crippen LogP contribution >= 0.6 is 23.2 Å². The quantitative estimate of drug-likeness (QED) is 0.879. The lowest BCUT2D eigenvalue weighted by molar-refractivity contribution is 0.0963. The lowest BCUT2D eigenvalue weighted by Crippen LogP contribution is -2.18. The standard InChI is InChI=1S/C15H13Cl2NO2/c1-8-5-14(19)13(17)7-10(8)9-3-4-12(16)11(6-9)15(20)18-2/h3-7,19H,1-2H3,(H,18,20). The van der Waals surface area contributed by atoms with Crippen molar-refractivity contribution in [2.75, 3.05) is 7.05 Å². The topological polar surface area (TPSA) is 49.3 Å². The number of rotatable bonds is 2. The summed E-state index contributed by atoms with van der Waals surface area (Å²) in [5, 5.41) is 12.8. The number of phenols is 1. The van der Waals surface area contributed by atoms with Crippen molar-refractivity contribution in [1.29, 1.82) is 0 Å². The second-order valence-corrected chi connectivity index (χ2v) is 5.21. The van der Waals surface area contributed by atoms with Gasteiger partial charge in [-0.15, -0.1) is 0 Å². The molecule has 20 heavy (non-hydrogen) atoms. The van der Waals surface area contributed by atoms with E-state index in [9.17, 15) is 9.90 Å². The van der Waals surface area contributed by atoms with Crippen LogP contribution in [-0.4, -0.2) is 18.1 Å². The van der Waals surface area contributed by atoms with Crippen LogP contribution in [-0.2, 0) is 0 Å². The monoisotopic (exact) mass is 309 g/mol. The highest BCUT2D eigenvalue weighted by Crippen LogP contribution is 2.34. The molecule has 2 aromatic rings. The largest absolute Gasteiger partial charge is 0.506 e. The lowest BCUT2D eigenvalue weighted by atomic mass is 9.98. The summed E-state index contributed by atoms with van der Waals surface area (Å²) in [7, 11) is 1.55. The molecule has 1 amide bonds. The Morgan fingerprint density at radius 2 is 1.85 bits per heavy atom. The van der Waals surface area contributed by atoms with Crippen LogP contribution in [0.4, 0.5) is 0 Å². The van der Waals surface area contributed by atoms with E-state index in [-0.39, 0.29) is 16.7 Å². The van der Waals surface area contributed by atoms with Crippen molar-refractivity contribution in [3.8, 4) is 16.9 Å². The molecule has 0 spiro atoms. The van der Waals surface area contributed by atoms with Gasteiger partial charge in [0.25, 0.3) is 5.91 Å². The van der Waals surface area contributed by atoms with Gasteiger partial charge in [-0.05, 0) is 47.9 Å². The van der Waals surface area contributed by atoms with E-state index in [0.29, 0.717) is 10.6 Å². The maximum absolute atomic E-state index is 11.8. The molecule has 0 heterocycles. The average Bonchev–Trinajstić information content (AvgIpc) is 2.43. The first-order chi connectivity index (χ1) is 9.43. The number of hydrogen-bond acceptors (Lipinski definition) is 2. The molecule has 104 valence electrons. The smallest absolute Gasteiger partial charge is 0.252 e. The molecule has 2 aromatic carbocycles. The molecule has 0 saturated heterocycles. The predicted octanol–water partition coefficient (Wildman–Crippen LogP) is 4.03. The summed E-state index contributed by atoms with van der Waals surface area (Å²) >= 11 is 12.0. The Kier molecular flexibility index (Phi) is 4.21. The zero-order chi connectivity index (χ0) is 14.9. The fourth-order valence-electron chi connectivity index (χ4n) is 1.98. The van der Waals surface area contributed by atoms with Gasteiger partial charge in [-0.2, -0.15) is 0 Å². The van der Waals surface area contributed by atoms with Crippen LogP contribution in [0.5, 0.6) is 5.75 Å². The molecule has 0 aliphatic carbocycles. The summed E-state index contributed by atoms with van der Waals surface area (Å²) in [6, 6.07) is 8.44. The molecule has 2 N–H and O–H groups in total. The third kappa shape index (κ3) is 2.74. The van der Waals surface area contributed by atoms with Crippen LogP contribution in [0.2, 0.25) is 10.0 Å². The summed E-state index contributed by atoms with van der Waals surface area (Å²) in [6.45, 7) is 1.86. The molecule has 0 atom stereocenters. The molecule has 5 heteroatoms. The highest BCUT2D eigenvalue weighted by Gasteiger charge is 2.13. The Morgan fingerprint density at radius 1 is 1.15 bits per heavy atom. The zero-order valence-corrected chi connectivity index (χ0v) is 12.5. The van der Waals surface area contributed by atoms with E-state index < -0.39 is 0 Å². The molecule has 2 rings (SSSR count). The second-order valence-electron chi connectivity index (χ2n) is 4.39. The zero-order valence-electron chi connectivity index (χ0n) is 11.0. The number of carbonyl (C=O) groups is 1. The minimum Gasteiger partial charge on any atom is -0.506 e.